The van der Waals surface area contributed by atoms with Crippen LogP contribution in [-0.4, -0.2) is 35.8 Å². The first kappa shape index (κ1) is 17.7. The predicted octanol–water partition coefficient (Wildman–Crippen LogP) is 3.03. The zero-order chi connectivity index (χ0) is 16.8. The minimum atomic E-state index is -3.60. The molecule has 1 aliphatic heterocycles. The molecular formula is C15H23ClN2O3S. The normalized spacial score (nSPS) is 22.6. The number of piperidine rings is 1. The lowest BCUT2D eigenvalue weighted by Gasteiger charge is -2.51. The maximum absolute atomic E-state index is 12.5. The predicted molar refractivity (Wildman–Crippen MR) is 86.6 cm³/mol. The van der Waals surface area contributed by atoms with Gasteiger partial charge in [0.1, 0.15) is 0 Å². The van der Waals surface area contributed by atoms with Crippen LogP contribution in [0.5, 0.6) is 0 Å². The highest BCUT2D eigenvalue weighted by atomic mass is 35.5. The summed E-state index contributed by atoms with van der Waals surface area (Å²) in [7, 11) is -3.60. The molecule has 5 nitrogen and oxygen atoms in total. The smallest absolute Gasteiger partial charge is 0.240 e. The maximum Gasteiger partial charge on any atom is 0.240 e. The van der Waals surface area contributed by atoms with Crippen molar-refractivity contribution < 1.29 is 13.6 Å². The molecule has 0 aliphatic carbocycles. The molecule has 0 saturated carbocycles. The molecule has 0 aromatic heterocycles. The molecule has 2 N–H and O–H groups in total. The van der Waals surface area contributed by atoms with Crippen LogP contribution in [0, 0.1) is 0 Å². The second-order valence-corrected chi connectivity index (χ2v) is 9.27. The molecule has 22 heavy (non-hydrogen) atoms. The van der Waals surface area contributed by atoms with Crippen LogP contribution in [0.1, 0.15) is 40.5 Å². The van der Waals surface area contributed by atoms with Gasteiger partial charge in [-0.15, -0.1) is 0 Å². The van der Waals surface area contributed by atoms with Crippen molar-refractivity contribution in [1.29, 1.82) is 0 Å². The Hall–Kier alpha value is -0.660. The Kier molecular flexibility index (Phi) is 4.63. The SMILES string of the molecule is CC1(C)CC(NS(=O)(=O)c2ccc(Cl)cc2)CC(C)(C)N1O. The number of nitrogens with one attached hydrogen (secondary N) is 1. The third-order valence-electron chi connectivity index (χ3n) is 4.08. The molecule has 0 amide bonds. The highest BCUT2D eigenvalue weighted by Crippen LogP contribution is 2.37. The third-order valence-corrected chi connectivity index (χ3v) is 5.87. The first-order chi connectivity index (χ1) is 9.94. The second kappa shape index (κ2) is 5.76. The van der Waals surface area contributed by atoms with Gasteiger partial charge in [-0.3, -0.25) is 0 Å². The molecular weight excluding hydrogens is 324 g/mol. The van der Waals surface area contributed by atoms with Crippen LogP contribution in [0.25, 0.3) is 0 Å². The van der Waals surface area contributed by atoms with Crippen LogP contribution in [0.4, 0.5) is 0 Å². The Morgan fingerprint density at radius 3 is 2.05 bits per heavy atom. The Morgan fingerprint density at radius 2 is 1.59 bits per heavy atom. The fourth-order valence-electron chi connectivity index (χ4n) is 3.25. The van der Waals surface area contributed by atoms with Gasteiger partial charge in [-0.25, -0.2) is 13.1 Å². The van der Waals surface area contributed by atoms with Crippen LogP contribution in [-0.2, 0) is 10.0 Å². The van der Waals surface area contributed by atoms with Crippen LogP contribution < -0.4 is 4.72 Å². The lowest BCUT2D eigenvalue weighted by molar-refractivity contribution is -0.245. The van der Waals surface area contributed by atoms with Gasteiger partial charge in [0.05, 0.1) is 4.90 Å². The Morgan fingerprint density at radius 1 is 1.14 bits per heavy atom. The average molecular weight is 347 g/mol. The molecule has 1 saturated heterocycles. The number of halogens is 1. The summed E-state index contributed by atoms with van der Waals surface area (Å²) in [5, 5.41) is 12.1. The van der Waals surface area contributed by atoms with E-state index in [0.717, 1.165) is 0 Å². The molecule has 0 bridgehead atoms. The standard InChI is InChI=1S/C15H23ClN2O3S/c1-14(2)9-12(10-15(3,4)18(14)19)17-22(20,21)13-7-5-11(16)6-8-13/h5-8,12,17,19H,9-10H2,1-4H3. The van der Waals surface area contributed by atoms with Gasteiger partial charge in [-0.05, 0) is 64.8 Å². The van der Waals surface area contributed by atoms with Crippen molar-refractivity contribution in [3.8, 4) is 0 Å². The van der Waals surface area contributed by atoms with Gasteiger partial charge in [-0.1, -0.05) is 11.6 Å². The number of rotatable bonds is 3. The lowest BCUT2D eigenvalue weighted by Crippen LogP contribution is -2.62. The van der Waals surface area contributed by atoms with Gasteiger partial charge < -0.3 is 5.21 Å². The Bertz CT molecular complexity index is 623. The molecule has 1 aliphatic rings. The van der Waals surface area contributed by atoms with E-state index in [4.69, 9.17) is 11.6 Å². The topological polar surface area (TPSA) is 69.6 Å². The van der Waals surface area contributed by atoms with Crippen LogP contribution in [0.2, 0.25) is 5.02 Å². The molecule has 124 valence electrons. The number of benzene rings is 1. The largest absolute Gasteiger partial charge is 0.313 e. The van der Waals surface area contributed by atoms with Gasteiger partial charge in [0.15, 0.2) is 0 Å². The first-order valence-corrected chi connectivity index (χ1v) is 9.07. The van der Waals surface area contributed by atoms with E-state index in [1.54, 1.807) is 12.1 Å². The molecule has 0 atom stereocenters. The van der Waals surface area contributed by atoms with Crippen molar-refractivity contribution in [2.24, 2.45) is 0 Å². The minimum absolute atomic E-state index is 0.193. The number of sulfonamides is 1. The zero-order valence-electron chi connectivity index (χ0n) is 13.3. The number of hydroxylamine groups is 2. The van der Waals surface area contributed by atoms with Gasteiger partial charge in [-0.2, -0.15) is 5.06 Å². The summed E-state index contributed by atoms with van der Waals surface area (Å²) in [6.07, 6.45) is 1.06. The van der Waals surface area contributed by atoms with E-state index in [1.807, 2.05) is 27.7 Å². The van der Waals surface area contributed by atoms with Crippen molar-refractivity contribution in [2.45, 2.75) is 62.6 Å². The Labute approximate surface area is 137 Å². The summed E-state index contributed by atoms with van der Waals surface area (Å²) in [4.78, 5) is 0.193. The van der Waals surface area contributed by atoms with Crippen molar-refractivity contribution in [3.05, 3.63) is 29.3 Å². The van der Waals surface area contributed by atoms with E-state index in [-0.39, 0.29) is 10.9 Å². The fraction of sp³-hybridized carbons (Fsp3) is 0.600. The third kappa shape index (κ3) is 3.63. The summed E-state index contributed by atoms with van der Waals surface area (Å²) < 4.78 is 27.7. The maximum atomic E-state index is 12.5. The zero-order valence-corrected chi connectivity index (χ0v) is 14.9. The quantitative estimate of drug-likeness (QED) is 0.882. The molecule has 0 spiro atoms. The van der Waals surface area contributed by atoms with Gasteiger partial charge in [0, 0.05) is 22.1 Å². The van der Waals surface area contributed by atoms with Crippen LogP contribution in [0.15, 0.2) is 29.2 Å². The van der Waals surface area contributed by atoms with Crippen molar-refractivity contribution in [1.82, 2.24) is 9.79 Å². The number of hydrogen-bond acceptors (Lipinski definition) is 4. The van der Waals surface area contributed by atoms with E-state index in [1.165, 1.54) is 17.2 Å². The van der Waals surface area contributed by atoms with Crippen molar-refractivity contribution in [3.63, 3.8) is 0 Å². The van der Waals surface area contributed by atoms with E-state index in [9.17, 15) is 13.6 Å². The Balaban J connectivity index is 2.21. The fourth-order valence-corrected chi connectivity index (χ4v) is 4.62. The van der Waals surface area contributed by atoms with Gasteiger partial charge in [0.25, 0.3) is 0 Å². The molecule has 7 heteroatoms. The van der Waals surface area contributed by atoms with Crippen LogP contribution in [0.3, 0.4) is 0 Å². The highest BCUT2D eigenvalue weighted by Gasteiger charge is 2.45. The molecule has 0 radical (unpaired) electrons. The average Bonchev–Trinajstić information content (AvgIpc) is 2.35. The molecule has 2 rings (SSSR count). The summed E-state index contributed by atoms with van der Waals surface area (Å²) in [5.41, 5.74) is -1.01. The monoisotopic (exact) mass is 346 g/mol. The lowest BCUT2D eigenvalue weighted by atomic mass is 9.79. The van der Waals surface area contributed by atoms with E-state index < -0.39 is 21.1 Å². The van der Waals surface area contributed by atoms with E-state index in [2.05, 4.69) is 4.72 Å². The van der Waals surface area contributed by atoms with Gasteiger partial charge >= 0.3 is 0 Å². The first-order valence-electron chi connectivity index (χ1n) is 7.21. The molecule has 1 fully saturated rings. The minimum Gasteiger partial charge on any atom is -0.313 e. The number of nitrogens with zero attached hydrogens (tertiary/aromatic N) is 1. The van der Waals surface area contributed by atoms with E-state index in [0.29, 0.717) is 17.9 Å². The molecule has 0 unspecified atom stereocenters. The highest BCUT2D eigenvalue weighted by molar-refractivity contribution is 7.89. The van der Waals surface area contributed by atoms with Crippen LogP contribution >= 0.6 is 11.6 Å². The summed E-state index contributed by atoms with van der Waals surface area (Å²) >= 11 is 5.80. The van der Waals surface area contributed by atoms with Crippen molar-refractivity contribution >= 4 is 21.6 Å². The van der Waals surface area contributed by atoms with Gasteiger partial charge in [0.2, 0.25) is 10.0 Å². The number of hydrogen-bond donors (Lipinski definition) is 2. The van der Waals surface area contributed by atoms with Crippen molar-refractivity contribution in [2.75, 3.05) is 0 Å². The summed E-state index contributed by atoms with van der Waals surface area (Å²) in [6.45, 7) is 7.60. The summed E-state index contributed by atoms with van der Waals surface area (Å²) in [5.74, 6) is 0. The second-order valence-electron chi connectivity index (χ2n) is 7.12. The molecule has 1 aromatic rings. The molecule has 1 heterocycles. The van der Waals surface area contributed by atoms with E-state index >= 15 is 0 Å². The molecule has 1 aromatic carbocycles. The summed E-state index contributed by atoms with van der Waals surface area (Å²) in [6, 6.07) is 5.85.